The minimum Gasteiger partial charge on any atom is -0.478 e. The standard InChI is InChI=1S/C10H15NO3S/c1-7(6-15-2)11-5-9-8(10(12)13)3-4-14-9/h3-4,7,11H,5-6H2,1-2H3,(H,12,13). The van der Waals surface area contributed by atoms with Crippen molar-refractivity contribution in [2.45, 2.75) is 19.5 Å². The van der Waals surface area contributed by atoms with Gasteiger partial charge in [0, 0.05) is 11.8 Å². The van der Waals surface area contributed by atoms with E-state index in [9.17, 15) is 4.79 Å². The molecule has 0 aromatic carbocycles. The minimum absolute atomic E-state index is 0.235. The van der Waals surface area contributed by atoms with Crippen molar-refractivity contribution in [3.8, 4) is 0 Å². The lowest BCUT2D eigenvalue weighted by Gasteiger charge is -2.10. The maximum atomic E-state index is 10.8. The molecule has 0 aliphatic rings. The maximum absolute atomic E-state index is 10.8. The van der Waals surface area contributed by atoms with Gasteiger partial charge >= 0.3 is 5.97 Å². The molecule has 1 aromatic rings. The molecule has 0 aliphatic carbocycles. The Labute approximate surface area is 93.0 Å². The lowest BCUT2D eigenvalue weighted by atomic mass is 10.2. The van der Waals surface area contributed by atoms with Gasteiger partial charge in [-0.3, -0.25) is 0 Å². The van der Waals surface area contributed by atoms with E-state index in [0.29, 0.717) is 18.3 Å². The number of furan rings is 1. The van der Waals surface area contributed by atoms with Crippen LogP contribution in [0.5, 0.6) is 0 Å². The first-order chi connectivity index (χ1) is 7.15. The number of thioether (sulfide) groups is 1. The number of carboxylic acid groups (broad SMARTS) is 1. The average molecular weight is 229 g/mol. The summed E-state index contributed by atoms with van der Waals surface area (Å²) in [6, 6.07) is 1.81. The van der Waals surface area contributed by atoms with Crippen molar-refractivity contribution < 1.29 is 14.3 Å². The van der Waals surface area contributed by atoms with Crippen LogP contribution in [0.4, 0.5) is 0 Å². The Hall–Kier alpha value is -0.940. The lowest BCUT2D eigenvalue weighted by Crippen LogP contribution is -2.27. The van der Waals surface area contributed by atoms with Crippen LogP contribution in [0.3, 0.4) is 0 Å². The molecule has 1 atom stereocenters. The van der Waals surface area contributed by atoms with E-state index in [0.717, 1.165) is 5.75 Å². The largest absolute Gasteiger partial charge is 0.478 e. The maximum Gasteiger partial charge on any atom is 0.339 e. The summed E-state index contributed by atoms with van der Waals surface area (Å²) < 4.78 is 5.10. The zero-order valence-corrected chi connectivity index (χ0v) is 9.63. The topological polar surface area (TPSA) is 62.5 Å². The van der Waals surface area contributed by atoms with Gasteiger partial charge < -0.3 is 14.8 Å². The predicted octanol–water partition coefficient (Wildman–Crippen LogP) is 1.82. The van der Waals surface area contributed by atoms with Crippen LogP contribution >= 0.6 is 11.8 Å². The Morgan fingerprint density at radius 1 is 1.73 bits per heavy atom. The molecular weight excluding hydrogens is 214 g/mol. The highest BCUT2D eigenvalue weighted by Gasteiger charge is 2.13. The van der Waals surface area contributed by atoms with Crippen molar-refractivity contribution in [3.63, 3.8) is 0 Å². The number of rotatable bonds is 6. The third-order valence-corrected chi connectivity index (χ3v) is 2.84. The molecule has 1 heterocycles. The van der Waals surface area contributed by atoms with E-state index in [4.69, 9.17) is 9.52 Å². The molecule has 0 saturated carbocycles. The highest BCUT2D eigenvalue weighted by atomic mass is 32.2. The van der Waals surface area contributed by atoms with Gasteiger partial charge in [0.25, 0.3) is 0 Å². The van der Waals surface area contributed by atoms with Crippen LogP contribution in [-0.4, -0.2) is 29.1 Å². The van der Waals surface area contributed by atoms with E-state index in [1.807, 2.05) is 6.26 Å². The monoisotopic (exact) mass is 229 g/mol. The molecule has 0 aliphatic heterocycles. The van der Waals surface area contributed by atoms with Crippen molar-refractivity contribution in [1.29, 1.82) is 0 Å². The number of aromatic carboxylic acids is 1. The second-order valence-corrected chi connectivity index (χ2v) is 4.21. The minimum atomic E-state index is -0.946. The fourth-order valence-corrected chi connectivity index (χ4v) is 1.86. The first kappa shape index (κ1) is 12.1. The summed E-state index contributed by atoms with van der Waals surface area (Å²) in [6.45, 7) is 2.51. The van der Waals surface area contributed by atoms with Gasteiger partial charge in [-0.2, -0.15) is 11.8 Å². The molecule has 2 N–H and O–H groups in total. The third-order valence-electron chi connectivity index (χ3n) is 2.00. The van der Waals surface area contributed by atoms with Crippen molar-refractivity contribution in [3.05, 3.63) is 23.7 Å². The molecule has 5 heteroatoms. The molecule has 15 heavy (non-hydrogen) atoms. The van der Waals surface area contributed by atoms with Crippen LogP contribution in [0.25, 0.3) is 0 Å². The van der Waals surface area contributed by atoms with E-state index in [1.54, 1.807) is 11.8 Å². The summed E-state index contributed by atoms with van der Waals surface area (Å²) in [7, 11) is 0. The normalized spacial score (nSPS) is 12.7. The summed E-state index contributed by atoms with van der Waals surface area (Å²) in [5, 5.41) is 12.0. The van der Waals surface area contributed by atoms with Gasteiger partial charge in [-0.1, -0.05) is 0 Å². The number of nitrogens with one attached hydrogen (secondary N) is 1. The Morgan fingerprint density at radius 3 is 3.07 bits per heavy atom. The molecule has 1 aromatic heterocycles. The van der Waals surface area contributed by atoms with Gasteiger partial charge in [-0.05, 0) is 19.2 Å². The Kier molecular flexibility index (Phi) is 4.71. The zero-order valence-electron chi connectivity index (χ0n) is 8.82. The molecule has 1 unspecified atom stereocenters. The van der Waals surface area contributed by atoms with Crippen molar-refractivity contribution in [1.82, 2.24) is 5.32 Å². The molecule has 84 valence electrons. The Bertz CT molecular complexity index is 324. The quantitative estimate of drug-likeness (QED) is 0.779. The van der Waals surface area contributed by atoms with Gasteiger partial charge in [0.2, 0.25) is 0 Å². The van der Waals surface area contributed by atoms with E-state index >= 15 is 0 Å². The van der Waals surface area contributed by atoms with Gasteiger partial charge in [0.05, 0.1) is 12.8 Å². The van der Waals surface area contributed by atoms with E-state index < -0.39 is 5.97 Å². The van der Waals surface area contributed by atoms with Crippen LogP contribution in [0.2, 0.25) is 0 Å². The molecule has 0 spiro atoms. The van der Waals surface area contributed by atoms with E-state index in [1.165, 1.54) is 12.3 Å². The summed E-state index contributed by atoms with van der Waals surface area (Å²) in [4.78, 5) is 10.8. The van der Waals surface area contributed by atoms with Crippen LogP contribution in [0, 0.1) is 0 Å². The summed E-state index contributed by atoms with van der Waals surface area (Å²) >= 11 is 1.75. The van der Waals surface area contributed by atoms with Gasteiger partial charge in [-0.25, -0.2) is 4.79 Å². The van der Waals surface area contributed by atoms with Crippen molar-refractivity contribution in [2.75, 3.05) is 12.0 Å². The molecule has 0 saturated heterocycles. The predicted molar refractivity (Wildman–Crippen MR) is 60.4 cm³/mol. The second-order valence-electron chi connectivity index (χ2n) is 3.30. The Morgan fingerprint density at radius 2 is 2.47 bits per heavy atom. The fraction of sp³-hybridized carbons (Fsp3) is 0.500. The first-order valence-corrected chi connectivity index (χ1v) is 6.06. The van der Waals surface area contributed by atoms with Gasteiger partial charge in [-0.15, -0.1) is 0 Å². The summed E-state index contributed by atoms with van der Waals surface area (Å²) in [5.74, 6) is 0.525. The smallest absolute Gasteiger partial charge is 0.339 e. The van der Waals surface area contributed by atoms with Crippen LogP contribution in [-0.2, 0) is 6.54 Å². The molecule has 4 nitrogen and oxygen atoms in total. The molecular formula is C10H15NO3S. The van der Waals surface area contributed by atoms with Crippen LogP contribution in [0.1, 0.15) is 23.0 Å². The third kappa shape index (κ3) is 3.60. The summed E-state index contributed by atoms with van der Waals surface area (Å²) in [6.07, 6.45) is 3.44. The van der Waals surface area contributed by atoms with Crippen LogP contribution in [0.15, 0.2) is 16.7 Å². The SMILES string of the molecule is CSCC(C)NCc1occc1C(=O)O. The number of hydrogen-bond donors (Lipinski definition) is 2. The second kappa shape index (κ2) is 5.82. The zero-order chi connectivity index (χ0) is 11.3. The van der Waals surface area contributed by atoms with Crippen LogP contribution < -0.4 is 5.32 Å². The number of hydrogen-bond acceptors (Lipinski definition) is 4. The number of carboxylic acids is 1. The van der Waals surface area contributed by atoms with E-state index in [2.05, 4.69) is 12.2 Å². The first-order valence-electron chi connectivity index (χ1n) is 4.67. The Balaban J connectivity index is 2.50. The van der Waals surface area contributed by atoms with Gasteiger partial charge in [0.15, 0.2) is 0 Å². The highest BCUT2D eigenvalue weighted by molar-refractivity contribution is 7.98. The molecule has 0 fully saturated rings. The highest BCUT2D eigenvalue weighted by Crippen LogP contribution is 2.10. The lowest BCUT2D eigenvalue weighted by molar-refractivity contribution is 0.0694. The van der Waals surface area contributed by atoms with Crippen molar-refractivity contribution in [2.24, 2.45) is 0 Å². The molecule has 1 rings (SSSR count). The van der Waals surface area contributed by atoms with Gasteiger partial charge in [0.1, 0.15) is 11.3 Å². The molecule has 0 amide bonds. The fourth-order valence-electron chi connectivity index (χ4n) is 1.24. The number of carbonyl (C=O) groups is 1. The molecule has 0 bridgehead atoms. The van der Waals surface area contributed by atoms with Crippen molar-refractivity contribution >= 4 is 17.7 Å². The molecule has 0 radical (unpaired) electrons. The average Bonchev–Trinajstić information content (AvgIpc) is 2.63. The van der Waals surface area contributed by atoms with E-state index in [-0.39, 0.29) is 5.56 Å². The summed E-state index contributed by atoms with van der Waals surface area (Å²) in [5.41, 5.74) is 0.235.